The summed E-state index contributed by atoms with van der Waals surface area (Å²) < 4.78 is 2.26. The molecule has 1 aromatic heterocycles. The summed E-state index contributed by atoms with van der Waals surface area (Å²) in [4.78, 5) is 14.5. The van der Waals surface area contributed by atoms with Crippen molar-refractivity contribution in [1.82, 2.24) is 9.47 Å². The van der Waals surface area contributed by atoms with Crippen LogP contribution in [0.2, 0.25) is 0 Å². The molecule has 1 aliphatic heterocycles. The van der Waals surface area contributed by atoms with Crippen LogP contribution < -0.4 is 5.32 Å². The third kappa shape index (κ3) is 2.44. The van der Waals surface area contributed by atoms with E-state index in [1.165, 1.54) is 27.7 Å². The molecule has 0 radical (unpaired) electrons. The van der Waals surface area contributed by atoms with Gasteiger partial charge in [-0.25, -0.2) is 4.79 Å². The van der Waals surface area contributed by atoms with Crippen molar-refractivity contribution in [2.75, 3.05) is 11.9 Å². The molecule has 0 atom stereocenters. The molecule has 0 saturated heterocycles. The Morgan fingerprint density at radius 1 is 1.08 bits per heavy atom. The largest absolute Gasteiger partial charge is 0.347 e. The van der Waals surface area contributed by atoms with Crippen molar-refractivity contribution < 1.29 is 4.79 Å². The zero-order chi connectivity index (χ0) is 16.7. The summed E-state index contributed by atoms with van der Waals surface area (Å²) in [5, 5.41) is 4.26. The highest BCUT2D eigenvalue weighted by Gasteiger charge is 2.25. The average Bonchev–Trinajstić information content (AvgIpc) is 2.90. The van der Waals surface area contributed by atoms with Crippen LogP contribution in [0.1, 0.15) is 16.8 Å². The lowest BCUT2D eigenvalue weighted by molar-refractivity contribution is 0.206. The van der Waals surface area contributed by atoms with E-state index < -0.39 is 0 Å². The topological polar surface area (TPSA) is 37.3 Å². The SMILES string of the molecule is Cc1ccc(NC(=O)N2CCc3c(c4ccccc4n3C)C2)cc1. The number of fused-ring (bicyclic) bond motifs is 3. The molecule has 1 N–H and O–H groups in total. The Kier molecular flexibility index (Phi) is 3.53. The zero-order valence-electron chi connectivity index (χ0n) is 14.0. The van der Waals surface area contributed by atoms with Crippen LogP contribution in [0, 0.1) is 6.92 Å². The van der Waals surface area contributed by atoms with Gasteiger partial charge in [0.15, 0.2) is 0 Å². The van der Waals surface area contributed by atoms with Crippen molar-refractivity contribution in [1.29, 1.82) is 0 Å². The Hall–Kier alpha value is -2.75. The predicted octanol–water partition coefficient (Wildman–Crippen LogP) is 4.08. The number of carbonyl (C=O) groups excluding carboxylic acids is 1. The molecule has 0 bridgehead atoms. The maximum atomic E-state index is 12.6. The minimum Gasteiger partial charge on any atom is -0.347 e. The molecule has 2 aromatic carbocycles. The van der Waals surface area contributed by atoms with Gasteiger partial charge in [0.2, 0.25) is 0 Å². The maximum absolute atomic E-state index is 12.6. The van der Waals surface area contributed by atoms with Gasteiger partial charge in [-0.05, 0) is 25.1 Å². The lowest BCUT2D eigenvalue weighted by Crippen LogP contribution is -2.39. The van der Waals surface area contributed by atoms with Crippen molar-refractivity contribution in [3.63, 3.8) is 0 Å². The number of hydrogen-bond donors (Lipinski definition) is 1. The molecule has 3 aromatic rings. The highest BCUT2D eigenvalue weighted by atomic mass is 16.2. The number of benzene rings is 2. The van der Waals surface area contributed by atoms with Gasteiger partial charge in [-0.2, -0.15) is 0 Å². The van der Waals surface area contributed by atoms with Crippen molar-refractivity contribution in [3.8, 4) is 0 Å². The molecule has 0 spiro atoms. The number of amides is 2. The smallest absolute Gasteiger partial charge is 0.322 e. The normalized spacial score (nSPS) is 13.8. The summed E-state index contributed by atoms with van der Waals surface area (Å²) in [6, 6.07) is 16.3. The number of urea groups is 1. The van der Waals surface area contributed by atoms with Crippen molar-refractivity contribution in [3.05, 3.63) is 65.4 Å². The van der Waals surface area contributed by atoms with Crippen molar-refractivity contribution in [2.45, 2.75) is 19.9 Å². The van der Waals surface area contributed by atoms with Gasteiger partial charge >= 0.3 is 6.03 Å². The number of para-hydroxylation sites is 1. The second-order valence-corrected chi connectivity index (χ2v) is 6.47. The Morgan fingerprint density at radius 3 is 2.62 bits per heavy atom. The monoisotopic (exact) mass is 319 g/mol. The molecule has 24 heavy (non-hydrogen) atoms. The molecule has 0 unspecified atom stereocenters. The summed E-state index contributed by atoms with van der Waals surface area (Å²) in [5.74, 6) is 0. The molecule has 122 valence electrons. The van der Waals surface area contributed by atoms with Crippen LogP contribution in [0.15, 0.2) is 48.5 Å². The molecular formula is C20H21N3O. The number of anilines is 1. The second-order valence-electron chi connectivity index (χ2n) is 6.47. The number of nitrogens with zero attached hydrogens (tertiary/aromatic N) is 2. The summed E-state index contributed by atoms with van der Waals surface area (Å²) in [5.41, 5.74) is 5.89. The Labute approximate surface area is 141 Å². The first-order chi connectivity index (χ1) is 11.6. The number of carbonyl (C=O) groups is 1. The molecule has 4 heteroatoms. The molecule has 2 heterocycles. The van der Waals surface area contributed by atoms with Crippen LogP contribution in [-0.2, 0) is 20.0 Å². The number of aryl methyl sites for hydroxylation is 2. The van der Waals surface area contributed by atoms with Crippen LogP contribution in [0.5, 0.6) is 0 Å². The second kappa shape index (κ2) is 5.71. The highest BCUT2D eigenvalue weighted by Crippen LogP contribution is 2.30. The molecule has 2 amide bonds. The fourth-order valence-corrected chi connectivity index (χ4v) is 3.54. The van der Waals surface area contributed by atoms with Gasteiger partial charge < -0.3 is 14.8 Å². The number of hydrogen-bond acceptors (Lipinski definition) is 1. The Morgan fingerprint density at radius 2 is 1.83 bits per heavy atom. The van der Waals surface area contributed by atoms with E-state index in [2.05, 4.69) is 41.2 Å². The van der Waals surface area contributed by atoms with E-state index in [1.54, 1.807) is 0 Å². The number of aromatic nitrogens is 1. The van der Waals surface area contributed by atoms with Gasteiger partial charge in [0.1, 0.15) is 0 Å². The molecule has 1 aliphatic rings. The maximum Gasteiger partial charge on any atom is 0.322 e. The minimum absolute atomic E-state index is 0.0302. The zero-order valence-corrected chi connectivity index (χ0v) is 14.0. The molecule has 4 rings (SSSR count). The van der Waals surface area contributed by atoms with Crippen LogP contribution in [0.4, 0.5) is 10.5 Å². The standard InChI is InChI=1S/C20H21N3O/c1-14-7-9-15(10-8-14)21-20(24)23-12-11-19-17(13-23)16-5-3-4-6-18(16)22(19)2/h3-10H,11-13H2,1-2H3,(H,21,24). The first-order valence-electron chi connectivity index (χ1n) is 8.31. The average molecular weight is 319 g/mol. The fourth-order valence-electron chi connectivity index (χ4n) is 3.54. The highest BCUT2D eigenvalue weighted by molar-refractivity contribution is 5.91. The van der Waals surface area contributed by atoms with Gasteiger partial charge in [0.05, 0.1) is 0 Å². The number of nitrogens with one attached hydrogen (secondary N) is 1. The lowest BCUT2D eigenvalue weighted by atomic mass is 10.0. The van der Waals surface area contributed by atoms with E-state index in [0.29, 0.717) is 6.54 Å². The Bertz CT molecular complexity index is 909. The van der Waals surface area contributed by atoms with E-state index in [-0.39, 0.29) is 6.03 Å². The third-order valence-electron chi connectivity index (χ3n) is 4.90. The van der Waals surface area contributed by atoms with E-state index >= 15 is 0 Å². The van der Waals surface area contributed by atoms with Crippen LogP contribution in [0.25, 0.3) is 10.9 Å². The summed E-state index contributed by atoms with van der Waals surface area (Å²) in [6.45, 7) is 3.45. The quantitative estimate of drug-likeness (QED) is 0.721. The van der Waals surface area contributed by atoms with Crippen molar-refractivity contribution in [2.24, 2.45) is 7.05 Å². The minimum atomic E-state index is -0.0302. The van der Waals surface area contributed by atoms with Crippen molar-refractivity contribution >= 4 is 22.6 Å². The molecule has 0 aliphatic carbocycles. The molecular weight excluding hydrogens is 298 g/mol. The lowest BCUT2D eigenvalue weighted by Gasteiger charge is -2.28. The van der Waals surface area contributed by atoms with E-state index in [0.717, 1.165) is 18.7 Å². The summed E-state index contributed by atoms with van der Waals surface area (Å²) >= 11 is 0. The summed E-state index contributed by atoms with van der Waals surface area (Å²) in [7, 11) is 2.11. The van der Waals surface area contributed by atoms with E-state index in [4.69, 9.17) is 0 Å². The van der Waals surface area contributed by atoms with Crippen LogP contribution >= 0.6 is 0 Å². The first kappa shape index (κ1) is 14.8. The van der Waals surface area contributed by atoms with Gasteiger partial charge in [-0.3, -0.25) is 0 Å². The van der Waals surface area contributed by atoms with Gasteiger partial charge in [-0.1, -0.05) is 35.9 Å². The van der Waals surface area contributed by atoms with Gasteiger partial charge in [-0.15, -0.1) is 0 Å². The molecule has 0 saturated carbocycles. The van der Waals surface area contributed by atoms with Crippen LogP contribution in [-0.4, -0.2) is 22.0 Å². The predicted molar refractivity (Wildman–Crippen MR) is 97.2 cm³/mol. The van der Waals surface area contributed by atoms with Crippen LogP contribution in [0.3, 0.4) is 0 Å². The van der Waals surface area contributed by atoms with E-state index in [1.807, 2.05) is 36.1 Å². The molecule has 4 nitrogen and oxygen atoms in total. The van der Waals surface area contributed by atoms with Gasteiger partial charge in [0, 0.05) is 54.4 Å². The Balaban J connectivity index is 1.58. The fraction of sp³-hybridized carbons (Fsp3) is 0.250. The summed E-state index contributed by atoms with van der Waals surface area (Å²) in [6.07, 6.45) is 0.891. The molecule has 0 fully saturated rings. The van der Waals surface area contributed by atoms with E-state index in [9.17, 15) is 4.79 Å². The van der Waals surface area contributed by atoms with Gasteiger partial charge in [0.25, 0.3) is 0 Å². The third-order valence-corrected chi connectivity index (χ3v) is 4.90. The number of rotatable bonds is 1. The first-order valence-corrected chi connectivity index (χ1v) is 8.31.